The van der Waals surface area contributed by atoms with Crippen molar-refractivity contribution in [3.63, 3.8) is 0 Å². The number of rotatable bonds is 5. The van der Waals surface area contributed by atoms with E-state index in [2.05, 4.69) is 0 Å². The summed E-state index contributed by atoms with van der Waals surface area (Å²) < 4.78 is 87.1. The third-order valence-corrected chi connectivity index (χ3v) is 8.97. The van der Waals surface area contributed by atoms with E-state index in [1.807, 2.05) is 115 Å². The van der Waals surface area contributed by atoms with E-state index in [9.17, 15) is 26.3 Å². The minimum Gasteiger partial charge on any atom is -0.309 e. The van der Waals surface area contributed by atoms with Crippen LogP contribution in [0.3, 0.4) is 0 Å². The Hall–Kier alpha value is -6.29. The number of halogens is 6. The average molecular weight is 701 g/mol. The van der Waals surface area contributed by atoms with Gasteiger partial charge in [-0.15, -0.1) is 0 Å². The van der Waals surface area contributed by atoms with Crippen LogP contribution in [0, 0.1) is 6.92 Å². The molecule has 0 saturated carbocycles. The third-order valence-electron chi connectivity index (χ3n) is 8.97. The molecule has 6 aromatic carbocycles. The summed E-state index contributed by atoms with van der Waals surface area (Å²) in [6.45, 7) is 1.91. The molecule has 0 fully saturated rings. The third kappa shape index (κ3) is 5.96. The highest BCUT2D eigenvalue weighted by atomic mass is 19.4. The van der Waals surface area contributed by atoms with E-state index in [4.69, 9.17) is 15.0 Å². The highest BCUT2D eigenvalue weighted by molar-refractivity contribution is 6.10. The van der Waals surface area contributed by atoms with Crippen LogP contribution in [0.1, 0.15) is 16.7 Å². The predicted molar refractivity (Wildman–Crippen MR) is 191 cm³/mol. The standard InChI is InChI=1S/C42H26F6N4/c1-25-16-19-33-31-14-8-9-15-35(31)52(36(33)22-25)37-23-28(17-20-32(37)30-21-18-29(41(43,44)45)24-34(30)42(46,47)48)40-50-38(26-10-4-2-5-11-26)49-39(51-40)27-12-6-3-7-13-27/h2-24H,1H3. The monoisotopic (exact) mass is 700 g/mol. The number of hydrogen-bond donors (Lipinski definition) is 0. The van der Waals surface area contributed by atoms with Gasteiger partial charge in [-0.25, -0.2) is 15.0 Å². The first-order valence-corrected chi connectivity index (χ1v) is 16.3. The van der Waals surface area contributed by atoms with Crippen LogP contribution < -0.4 is 0 Å². The molecule has 0 amide bonds. The molecule has 0 N–H and O–H groups in total. The minimum atomic E-state index is -5.09. The van der Waals surface area contributed by atoms with E-state index >= 15 is 0 Å². The normalized spacial score (nSPS) is 12.1. The fourth-order valence-electron chi connectivity index (χ4n) is 6.55. The zero-order chi connectivity index (χ0) is 36.2. The van der Waals surface area contributed by atoms with E-state index in [-0.39, 0.29) is 17.5 Å². The van der Waals surface area contributed by atoms with Crippen molar-refractivity contribution in [2.24, 2.45) is 0 Å². The van der Waals surface area contributed by atoms with Crippen LogP contribution >= 0.6 is 0 Å². The van der Waals surface area contributed by atoms with Crippen LogP contribution in [0.15, 0.2) is 140 Å². The van der Waals surface area contributed by atoms with Gasteiger partial charge in [-0.05, 0) is 48.4 Å². The average Bonchev–Trinajstić information content (AvgIpc) is 3.47. The topological polar surface area (TPSA) is 43.6 Å². The molecule has 0 aliphatic carbocycles. The smallest absolute Gasteiger partial charge is 0.309 e. The minimum absolute atomic E-state index is 0.0783. The Labute approximate surface area is 293 Å². The molecule has 0 saturated heterocycles. The molecule has 0 spiro atoms. The van der Waals surface area contributed by atoms with Crippen molar-refractivity contribution in [1.29, 1.82) is 0 Å². The van der Waals surface area contributed by atoms with Crippen molar-refractivity contribution in [2.45, 2.75) is 19.3 Å². The summed E-state index contributed by atoms with van der Waals surface area (Å²) in [5.41, 5.74) is 1.47. The van der Waals surface area contributed by atoms with Gasteiger partial charge in [0.15, 0.2) is 17.5 Å². The summed E-state index contributed by atoms with van der Waals surface area (Å²) in [5.74, 6) is 1.05. The van der Waals surface area contributed by atoms with Gasteiger partial charge in [0.05, 0.1) is 27.8 Å². The molecule has 4 nitrogen and oxygen atoms in total. The Balaban J connectivity index is 1.45. The summed E-state index contributed by atoms with van der Waals surface area (Å²) in [6, 6.07) is 38.5. The van der Waals surface area contributed by atoms with E-state index in [0.29, 0.717) is 40.0 Å². The Morgan fingerprint density at radius 3 is 1.63 bits per heavy atom. The highest BCUT2D eigenvalue weighted by Gasteiger charge is 2.39. The quantitative estimate of drug-likeness (QED) is 0.168. The first-order valence-electron chi connectivity index (χ1n) is 16.3. The molecule has 0 unspecified atom stereocenters. The lowest BCUT2D eigenvalue weighted by Gasteiger charge is -2.20. The lowest BCUT2D eigenvalue weighted by Crippen LogP contribution is -2.12. The fraction of sp³-hybridized carbons (Fsp3) is 0.0714. The number of nitrogens with zero attached hydrogens (tertiary/aromatic N) is 4. The number of aromatic nitrogens is 4. The highest BCUT2D eigenvalue weighted by Crippen LogP contribution is 2.45. The summed E-state index contributed by atoms with van der Waals surface area (Å²) in [4.78, 5) is 14.4. The molecular weight excluding hydrogens is 674 g/mol. The van der Waals surface area contributed by atoms with Gasteiger partial charge in [0.1, 0.15) is 0 Å². The van der Waals surface area contributed by atoms with Gasteiger partial charge in [-0.3, -0.25) is 0 Å². The van der Waals surface area contributed by atoms with Crippen molar-refractivity contribution >= 4 is 21.8 Å². The maximum atomic E-state index is 14.7. The number of hydrogen-bond acceptors (Lipinski definition) is 3. The van der Waals surface area contributed by atoms with Gasteiger partial charge in [-0.2, -0.15) is 26.3 Å². The van der Waals surface area contributed by atoms with Crippen LogP contribution in [-0.4, -0.2) is 19.5 Å². The molecule has 52 heavy (non-hydrogen) atoms. The Morgan fingerprint density at radius 2 is 1.02 bits per heavy atom. The lowest BCUT2D eigenvalue weighted by molar-refractivity contribution is -0.142. The second-order valence-corrected chi connectivity index (χ2v) is 12.4. The zero-order valence-electron chi connectivity index (χ0n) is 27.3. The van der Waals surface area contributed by atoms with Crippen LogP contribution in [0.2, 0.25) is 0 Å². The SMILES string of the molecule is Cc1ccc2c3ccccc3n(-c3cc(-c4nc(-c5ccccc5)nc(-c5ccccc5)n4)ccc3-c3ccc(C(F)(F)F)cc3C(F)(F)F)c2c1. The number of aryl methyl sites for hydroxylation is 1. The van der Waals surface area contributed by atoms with E-state index in [1.54, 1.807) is 12.1 Å². The Bertz CT molecular complexity index is 2550. The van der Waals surface area contributed by atoms with E-state index in [1.165, 1.54) is 6.07 Å². The van der Waals surface area contributed by atoms with Crippen molar-refractivity contribution in [3.05, 3.63) is 156 Å². The maximum Gasteiger partial charge on any atom is 0.417 e. The summed E-state index contributed by atoms with van der Waals surface area (Å²) in [6.07, 6.45) is -10.1. The molecule has 0 aliphatic heterocycles. The van der Waals surface area contributed by atoms with Gasteiger partial charge in [0, 0.05) is 33.0 Å². The van der Waals surface area contributed by atoms with Crippen LogP contribution in [0.5, 0.6) is 0 Å². The van der Waals surface area contributed by atoms with Crippen molar-refractivity contribution in [1.82, 2.24) is 19.5 Å². The molecule has 2 heterocycles. The molecule has 8 rings (SSSR count). The van der Waals surface area contributed by atoms with Crippen molar-refractivity contribution in [3.8, 4) is 51.0 Å². The summed E-state index contributed by atoms with van der Waals surface area (Å²) >= 11 is 0. The first-order chi connectivity index (χ1) is 25.0. The maximum absolute atomic E-state index is 14.7. The molecule has 0 bridgehead atoms. The van der Waals surface area contributed by atoms with Gasteiger partial charge in [0.2, 0.25) is 0 Å². The summed E-state index contributed by atoms with van der Waals surface area (Å²) in [5, 5.41) is 1.72. The molecule has 2 aromatic heterocycles. The second kappa shape index (κ2) is 12.5. The largest absolute Gasteiger partial charge is 0.417 e. The molecular formula is C42H26F6N4. The molecule has 256 valence electrons. The number of benzene rings is 6. The van der Waals surface area contributed by atoms with Gasteiger partial charge < -0.3 is 4.57 Å². The molecule has 0 aliphatic rings. The van der Waals surface area contributed by atoms with Crippen LogP contribution in [-0.2, 0) is 12.4 Å². The Morgan fingerprint density at radius 1 is 0.462 bits per heavy atom. The zero-order valence-corrected chi connectivity index (χ0v) is 27.3. The van der Waals surface area contributed by atoms with Crippen molar-refractivity contribution < 1.29 is 26.3 Å². The lowest BCUT2D eigenvalue weighted by atomic mass is 9.94. The van der Waals surface area contributed by atoms with E-state index < -0.39 is 29.0 Å². The first kappa shape index (κ1) is 32.9. The number of para-hydroxylation sites is 1. The molecule has 0 atom stereocenters. The predicted octanol–water partition coefficient (Wildman–Crippen LogP) is 12.0. The van der Waals surface area contributed by atoms with Gasteiger partial charge in [0.25, 0.3) is 0 Å². The Kier molecular flexibility index (Phi) is 7.90. The van der Waals surface area contributed by atoms with E-state index in [0.717, 1.165) is 33.5 Å². The molecule has 8 aromatic rings. The second-order valence-electron chi connectivity index (χ2n) is 12.4. The number of fused-ring (bicyclic) bond motifs is 3. The van der Waals surface area contributed by atoms with Gasteiger partial charge >= 0.3 is 12.4 Å². The molecule has 0 radical (unpaired) electrons. The number of alkyl halides is 6. The molecule has 10 heteroatoms. The van der Waals surface area contributed by atoms with Crippen LogP contribution in [0.25, 0.3) is 72.8 Å². The van der Waals surface area contributed by atoms with Gasteiger partial charge in [-0.1, -0.05) is 109 Å². The van der Waals surface area contributed by atoms with Crippen LogP contribution in [0.4, 0.5) is 26.3 Å². The fourth-order valence-corrected chi connectivity index (χ4v) is 6.55. The van der Waals surface area contributed by atoms with Crippen molar-refractivity contribution in [2.75, 3.05) is 0 Å². The summed E-state index contributed by atoms with van der Waals surface area (Å²) in [7, 11) is 0.